The quantitative estimate of drug-likeness (QED) is 0.767. The molecule has 1 aromatic heterocycles. The van der Waals surface area contributed by atoms with Gasteiger partial charge in [-0.3, -0.25) is 4.98 Å². The number of carbonyl (C=O) groups is 1. The fourth-order valence-electron chi connectivity index (χ4n) is 2.14. The second-order valence-electron chi connectivity index (χ2n) is 5.70. The van der Waals surface area contributed by atoms with E-state index in [1.165, 1.54) is 5.56 Å². The fourth-order valence-corrected chi connectivity index (χ4v) is 2.14. The Morgan fingerprint density at radius 1 is 1.50 bits per heavy atom. The minimum atomic E-state index is -0.427. The molecule has 1 aliphatic rings. The van der Waals surface area contributed by atoms with Gasteiger partial charge >= 0.3 is 6.09 Å². The molecule has 0 aromatic carbocycles. The second-order valence-corrected chi connectivity index (χ2v) is 5.70. The Morgan fingerprint density at radius 3 is 2.89 bits per heavy atom. The van der Waals surface area contributed by atoms with Crippen molar-refractivity contribution in [2.75, 3.05) is 13.1 Å². The molecule has 0 unspecified atom stereocenters. The number of ether oxygens (including phenoxy) is 1. The summed E-state index contributed by atoms with van der Waals surface area (Å²) in [4.78, 5) is 17.8. The Morgan fingerprint density at radius 2 is 2.28 bits per heavy atom. The number of carbonyl (C=O) groups excluding carboxylic acids is 1. The van der Waals surface area contributed by atoms with E-state index in [4.69, 9.17) is 4.74 Å². The summed E-state index contributed by atoms with van der Waals surface area (Å²) in [7, 11) is 0. The van der Waals surface area contributed by atoms with Gasteiger partial charge in [-0.2, -0.15) is 0 Å². The van der Waals surface area contributed by atoms with Gasteiger partial charge in [0.2, 0.25) is 0 Å². The highest BCUT2D eigenvalue weighted by Crippen LogP contribution is 2.27. The molecule has 18 heavy (non-hydrogen) atoms. The van der Waals surface area contributed by atoms with Crippen molar-refractivity contribution in [3.8, 4) is 0 Å². The Labute approximate surface area is 108 Å². The predicted molar refractivity (Wildman–Crippen MR) is 69.4 cm³/mol. The van der Waals surface area contributed by atoms with Crippen molar-refractivity contribution in [3.05, 3.63) is 30.1 Å². The molecule has 0 spiro atoms. The van der Waals surface area contributed by atoms with E-state index in [2.05, 4.69) is 11.1 Å². The summed E-state index contributed by atoms with van der Waals surface area (Å²) in [5.74, 6) is 0.381. The highest BCUT2D eigenvalue weighted by Gasteiger charge is 2.30. The van der Waals surface area contributed by atoms with Crippen LogP contribution in [-0.4, -0.2) is 34.7 Å². The highest BCUT2D eigenvalue weighted by atomic mass is 16.6. The van der Waals surface area contributed by atoms with Gasteiger partial charge in [0.1, 0.15) is 5.60 Å². The van der Waals surface area contributed by atoms with Gasteiger partial charge in [-0.05, 0) is 38.8 Å². The molecule has 0 radical (unpaired) electrons. The first-order valence-corrected chi connectivity index (χ1v) is 6.33. The zero-order chi connectivity index (χ0) is 13.2. The average Bonchev–Trinajstić information content (AvgIpc) is 2.77. The zero-order valence-corrected chi connectivity index (χ0v) is 11.2. The van der Waals surface area contributed by atoms with E-state index in [-0.39, 0.29) is 6.09 Å². The third-order valence-electron chi connectivity index (χ3n) is 3.00. The molecular formula is C14H20N2O2. The van der Waals surface area contributed by atoms with Crippen LogP contribution in [0.3, 0.4) is 0 Å². The lowest BCUT2D eigenvalue weighted by molar-refractivity contribution is 0.0292. The Bertz CT molecular complexity index is 412. The van der Waals surface area contributed by atoms with E-state index in [1.54, 1.807) is 11.1 Å². The topological polar surface area (TPSA) is 42.4 Å². The summed E-state index contributed by atoms with van der Waals surface area (Å²) >= 11 is 0. The molecule has 2 rings (SSSR count). The van der Waals surface area contributed by atoms with Crippen molar-refractivity contribution in [1.29, 1.82) is 0 Å². The third kappa shape index (κ3) is 3.22. The van der Waals surface area contributed by atoms with Crippen LogP contribution in [0.2, 0.25) is 0 Å². The first kappa shape index (κ1) is 12.9. The normalized spacial score (nSPS) is 19.9. The molecule has 1 amide bonds. The van der Waals surface area contributed by atoms with Crippen LogP contribution in [0.1, 0.15) is 38.7 Å². The standard InChI is InChI=1S/C14H20N2O2/c1-14(2,3)18-13(17)16-8-6-12(10-16)11-5-4-7-15-9-11/h4-5,7,9,12H,6,8,10H2,1-3H3/t12-/m1/s1. The number of aromatic nitrogens is 1. The highest BCUT2D eigenvalue weighted by molar-refractivity contribution is 5.68. The molecule has 0 N–H and O–H groups in total. The van der Waals surface area contributed by atoms with Gasteiger partial charge in [0.05, 0.1) is 0 Å². The van der Waals surface area contributed by atoms with Crippen molar-refractivity contribution < 1.29 is 9.53 Å². The summed E-state index contributed by atoms with van der Waals surface area (Å²) in [5.41, 5.74) is 0.771. The third-order valence-corrected chi connectivity index (χ3v) is 3.00. The molecular weight excluding hydrogens is 228 g/mol. The Balaban J connectivity index is 1.95. The molecule has 0 aliphatic carbocycles. The van der Waals surface area contributed by atoms with Crippen LogP contribution in [-0.2, 0) is 4.74 Å². The number of hydrogen-bond donors (Lipinski definition) is 0. The molecule has 2 heterocycles. The van der Waals surface area contributed by atoms with Crippen molar-refractivity contribution >= 4 is 6.09 Å². The van der Waals surface area contributed by atoms with Crippen molar-refractivity contribution in [1.82, 2.24) is 9.88 Å². The number of hydrogen-bond acceptors (Lipinski definition) is 3. The van der Waals surface area contributed by atoms with E-state index >= 15 is 0 Å². The molecule has 1 aliphatic heterocycles. The van der Waals surface area contributed by atoms with Gasteiger partial charge in [-0.1, -0.05) is 6.07 Å². The molecule has 4 heteroatoms. The molecule has 1 saturated heterocycles. The lowest BCUT2D eigenvalue weighted by Gasteiger charge is -2.24. The molecule has 4 nitrogen and oxygen atoms in total. The van der Waals surface area contributed by atoms with Crippen molar-refractivity contribution in [2.24, 2.45) is 0 Å². The van der Waals surface area contributed by atoms with Crippen LogP contribution < -0.4 is 0 Å². The lowest BCUT2D eigenvalue weighted by atomic mass is 10.0. The maximum absolute atomic E-state index is 11.9. The molecule has 1 fully saturated rings. The van der Waals surface area contributed by atoms with Crippen LogP contribution in [0.4, 0.5) is 4.79 Å². The SMILES string of the molecule is CC(C)(C)OC(=O)N1CC[C@@H](c2cccnc2)C1. The maximum Gasteiger partial charge on any atom is 0.410 e. The van der Waals surface area contributed by atoms with E-state index in [9.17, 15) is 4.79 Å². The predicted octanol–water partition coefficient (Wildman–Crippen LogP) is 2.81. The van der Waals surface area contributed by atoms with E-state index in [1.807, 2.05) is 33.0 Å². The fraction of sp³-hybridized carbons (Fsp3) is 0.571. The van der Waals surface area contributed by atoms with Crippen LogP contribution in [0, 0.1) is 0 Å². The number of nitrogens with zero attached hydrogens (tertiary/aromatic N) is 2. The van der Waals surface area contributed by atoms with Gasteiger partial charge < -0.3 is 9.64 Å². The monoisotopic (exact) mass is 248 g/mol. The van der Waals surface area contributed by atoms with Crippen LogP contribution >= 0.6 is 0 Å². The van der Waals surface area contributed by atoms with Gasteiger partial charge in [0.25, 0.3) is 0 Å². The van der Waals surface area contributed by atoms with Gasteiger partial charge in [0.15, 0.2) is 0 Å². The van der Waals surface area contributed by atoms with E-state index in [0.29, 0.717) is 5.92 Å². The smallest absolute Gasteiger partial charge is 0.410 e. The second kappa shape index (κ2) is 4.96. The van der Waals surface area contributed by atoms with Crippen molar-refractivity contribution in [2.45, 2.75) is 38.7 Å². The average molecular weight is 248 g/mol. The number of amides is 1. The van der Waals surface area contributed by atoms with Crippen LogP contribution in [0.25, 0.3) is 0 Å². The van der Waals surface area contributed by atoms with Crippen LogP contribution in [0.5, 0.6) is 0 Å². The van der Waals surface area contributed by atoms with E-state index in [0.717, 1.165) is 19.5 Å². The Hall–Kier alpha value is -1.58. The summed E-state index contributed by atoms with van der Waals surface area (Å²) in [5, 5.41) is 0. The van der Waals surface area contributed by atoms with Crippen LogP contribution in [0.15, 0.2) is 24.5 Å². The Kier molecular flexibility index (Phi) is 3.55. The summed E-state index contributed by atoms with van der Waals surface area (Å²) in [6, 6.07) is 4.00. The first-order valence-electron chi connectivity index (χ1n) is 6.33. The summed E-state index contributed by atoms with van der Waals surface area (Å²) in [6.07, 6.45) is 4.41. The summed E-state index contributed by atoms with van der Waals surface area (Å²) in [6.45, 7) is 7.15. The zero-order valence-electron chi connectivity index (χ0n) is 11.2. The molecule has 0 saturated carbocycles. The number of rotatable bonds is 1. The van der Waals surface area contributed by atoms with Gasteiger partial charge in [-0.25, -0.2) is 4.79 Å². The number of likely N-dealkylation sites (tertiary alicyclic amines) is 1. The largest absolute Gasteiger partial charge is 0.444 e. The molecule has 1 aromatic rings. The minimum Gasteiger partial charge on any atom is -0.444 e. The molecule has 1 atom stereocenters. The van der Waals surface area contributed by atoms with Gasteiger partial charge in [-0.15, -0.1) is 0 Å². The van der Waals surface area contributed by atoms with E-state index < -0.39 is 5.60 Å². The molecule has 98 valence electrons. The maximum atomic E-state index is 11.9. The van der Waals surface area contributed by atoms with Gasteiger partial charge in [0, 0.05) is 31.4 Å². The lowest BCUT2D eigenvalue weighted by Crippen LogP contribution is -2.35. The first-order chi connectivity index (χ1) is 8.46. The molecule has 0 bridgehead atoms. The summed E-state index contributed by atoms with van der Waals surface area (Å²) < 4.78 is 5.38. The minimum absolute atomic E-state index is 0.214. The van der Waals surface area contributed by atoms with Crippen molar-refractivity contribution in [3.63, 3.8) is 0 Å². The number of pyridine rings is 1.